The standard InChI is InChI=1S/C27H35F3N4O7S/c1-33(7-4-14-2-3-14)25(38)24(27(39)5-8-40-9-6-27)42-26-23(37)21(22(36)19(13-35)41-26)34-12-18(31-32-34)15-10-16(28)20(30)17(29)11-15/h10-12,14,19,21-24,26,35-37,39H,2-9,13H2,1H3/t19-,21+,22+,23-,24?,26+/m1/s1. The van der Waals surface area contributed by atoms with E-state index < -0.39 is 64.7 Å². The minimum absolute atomic E-state index is 0.0645. The Balaban J connectivity index is 1.41. The Bertz CT molecular complexity index is 1240. The van der Waals surface area contributed by atoms with E-state index in [-0.39, 0.29) is 43.2 Å². The third kappa shape index (κ3) is 6.47. The van der Waals surface area contributed by atoms with Gasteiger partial charge in [0.1, 0.15) is 40.7 Å². The maximum Gasteiger partial charge on any atom is 0.238 e. The van der Waals surface area contributed by atoms with Crippen LogP contribution in [0.25, 0.3) is 11.3 Å². The molecule has 0 radical (unpaired) electrons. The predicted octanol–water partition coefficient (Wildman–Crippen LogP) is 1.24. The number of aliphatic hydroxyl groups excluding tert-OH is 3. The fourth-order valence-electron chi connectivity index (χ4n) is 5.38. The van der Waals surface area contributed by atoms with E-state index in [0.29, 0.717) is 12.5 Å². The van der Waals surface area contributed by atoms with E-state index in [4.69, 9.17) is 9.47 Å². The molecule has 4 N–H and O–H groups in total. The molecule has 1 aromatic carbocycles. The fraction of sp³-hybridized carbons (Fsp3) is 0.667. The first-order valence-electron chi connectivity index (χ1n) is 13.9. The molecule has 1 amide bonds. The number of aromatic nitrogens is 3. The normalized spacial score (nSPS) is 28.4. The zero-order chi connectivity index (χ0) is 30.2. The van der Waals surface area contributed by atoms with Crippen LogP contribution in [0.1, 0.15) is 38.1 Å². The number of halogens is 3. The number of nitrogens with zero attached hydrogens (tertiary/aromatic N) is 4. The van der Waals surface area contributed by atoms with Gasteiger partial charge in [0.2, 0.25) is 5.91 Å². The maximum absolute atomic E-state index is 13.8. The number of hydrogen-bond acceptors (Lipinski definition) is 10. The van der Waals surface area contributed by atoms with Crippen LogP contribution in [0.5, 0.6) is 0 Å². The number of amides is 1. The van der Waals surface area contributed by atoms with Crippen molar-refractivity contribution < 1.29 is 47.9 Å². The molecular formula is C27H35F3N4O7S. The fourth-order valence-corrected chi connectivity index (χ4v) is 6.96. The van der Waals surface area contributed by atoms with Gasteiger partial charge in [-0.05, 0) is 24.5 Å². The molecule has 11 nitrogen and oxygen atoms in total. The molecular weight excluding hydrogens is 581 g/mol. The molecule has 1 aliphatic carbocycles. The van der Waals surface area contributed by atoms with Crippen LogP contribution in [0.2, 0.25) is 0 Å². The molecule has 3 fully saturated rings. The summed E-state index contributed by atoms with van der Waals surface area (Å²) >= 11 is 0.900. The lowest BCUT2D eigenvalue weighted by atomic mass is 9.89. The molecule has 3 aliphatic rings. The van der Waals surface area contributed by atoms with Crippen LogP contribution in [0.3, 0.4) is 0 Å². The van der Waals surface area contributed by atoms with E-state index in [9.17, 15) is 38.4 Å². The van der Waals surface area contributed by atoms with Gasteiger partial charge < -0.3 is 34.8 Å². The van der Waals surface area contributed by atoms with E-state index in [1.807, 2.05) is 0 Å². The Morgan fingerprint density at radius 1 is 1.19 bits per heavy atom. The highest BCUT2D eigenvalue weighted by molar-refractivity contribution is 8.01. The summed E-state index contributed by atoms with van der Waals surface area (Å²) in [5.41, 5.74) is -2.86. The van der Waals surface area contributed by atoms with E-state index in [0.717, 1.165) is 47.8 Å². The molecule has 2 aromatic rings. The van der Waals surface area contributed by atoms with Gasteiger partial charge in [-0.2, -0.15) is 0 Å². The third-order valence-corrected chi connectivity index (χ3v) is 9.80. The number of carbonyl (C=O) groups excluding carboxylic acids is 1. The van der Waals surface area contributed by atoms with Crippen LogP contribution < -0.4 is 0 Å². The van der Waals surface area contributed by atoms with Gasteiger partial charge in [-0.1, -0.05) is 18.1 Å². The summed E-state index contributed by atoms with van der Waals surface area (Å²) in [5, 5.41) is 50.7. The number of aliphatic hydroxyl groups is 4. The topological polar surface area (TPSA) is 150 Å². The van der Waals surface area contributed by atoms with Crippen LogP contribution in [0.4, 0.5) is 13.2 Å². The third-order valence-electron chi connectivity index (χ3n) is 8.23. The number of benzene rings is 1. The lowest BCUT2D eigenvalue weighted by Crippen LogP contribution is -2.58. The molecule has 3 heterocycles. The van der Waals surface area contributed by atoms with Crippen molar-refractivity contribution in [2.75, 3.05) is 33.4 Å². The van der Waals surface area contributed by atoms with Crippen LogP contribution in [0, 0.1) is 23.4 Å². The first-order valence-corrected chi connectivity index (χ1v) is 14.9. The Hall–Kier alpha value is -2.27. The van der Waals surface area contributed by atoms with Gasteiger partial charge in [0.25, 0.3) is 0 Å². The van der Waals surface area contributed by atoms with Crippen LogP contribution in [-0.4, -0.2) is 114 Å². The molecule has 15 heteroatoms. The predicted molar refractivity (Wildman–Crippen MR) is 143 cm³/mol. The van der Waals surface area contributed by atoms with E-state index in [1.54, 1.807) is 11.9 Å². The van der Waals surface area contributed by atoms with Gasteiger partial charge in [-0.15, -0.1) is 16.9 Å². The van der Waals surface area contributed by atoms with E-state index in [1.165, 1.54) is 6.20 Å². The smallest absolute Gasteiger partial charge is 0.238 e. The molecule has 2 saturated heterocycles. The Morgan fingerprint density at radius 2 is 1.86 bits per heavy atom. The summed E-state index contributed by atoms with van der Waals surface area (Å²) in [5.74, 6) is -4.24. The second-order valence-corrected chi connectivity index (χ2v) is 12.5. The first kappa shape index (κ1) is 31.2. The molecule has 0 bridgehead atoms. The first-order chi connectivity index (χ1) is 20.0. The summed E-state index contributed by atoms with van der Waals surface area (Å²) in [6.45, 7) is 0.352. The van der Waals surface area contributed by atoms with Crippen LogP contribution in [-0.2, 0) is 14.3 Å². The summed E-state index contributed by atoms with van der Waals surface area (Å²) < 4.78 is 53.4. The highest BCUT2D eigenvalue weighted by Crippen LogP contribution is 2.42. The lowest BCUT2D eigenvalue weighted by molar-refractivity contribution is -0.179. The van der Waals surface area contributed by atoms with Crippen LogP contribution >= 0.6 is 11.8 Å². The Labute approximate surface area is 244 Å². The van der Waals surface area contributed by atoms with Gasteiger partial charge in [-0.25, -0.2) is 17.9 Å². The average molecular weight is 617 g/mol. The van der Waals surface area contributed by atoms with Gasteiger partial charge >= 0.3 is 0 Å². The number of ether oxygens (including phenoxy) is 2. The van der Waals surface area contributed by atoms with E-state index >= 15 is 0 Å². The summed E-state index contributed by atoms with van der Waals surface area (Å²) in [6, 6.07) is 0.213. The highest BCUT2D eigenvalue weighted by Gasteiger charge is 2.51. The monoisotopic (exact) mass is 616 g/mol. The molecule has 1 saturated carbocycles. The molecule has 6 atom stereocenters. The molecule has 5 rings (SSSR count). The number of thioether (sulfide) groups is 1. The van der Waals surface area contributed by atoms with Crippen molar-refractivity contribution >= 4 is 17.7 Å². The lowest BCUT2D eigenvalue weighted by Gasteiger charge is -2.45. The van der Waals surface area contributed by atoms with Gasteiger partial charge in [0, 0.05) is 45.2 Å². The summed E-state index contributed by atoms with van der Waals surface area (Å²) in [4.78, 5) is 15.3. The van der Waals surface area contributed by atoms with Crippen molar-refractivity contribution in [1.29, 1.82) is 0 Å². The Kier molecular flexibility index (Phi) is 9.47. The molecule has 42 heavy (non-hydrogen) atoms. The Morgan fingerprint density at radius 3 is 2.48 bits per heavy atom. The zero-order valence-electron chi connectivity index (χ0n) is 23.0. The van der Waals surface area contributed by atoms with Crippen LogP contribution in [0.15, 0.2) is 18.3 Å². The number of rotatable bonds is 10. The van der Waals surface area contributed by atoms with Crippen molar-refractivity contribution in [3.63, 3.8) is 0 Å². The largest absolute Gasteiger partial charge is 0.394 e. The minimum Gasteiger partial charge on any atom is -0.394 e. The van der Waals surface area contributed by atoms with Gasteiger partial charge in [-0.3, -0.25) is 4.79 Å². The van der Waals surface area contributed by atoms with Crippen molar-refractivity contribution in [2.45, 2.75) is 72.7 Å². The minimum atomic E-state index is -1.64. The molecule has 232 valence electrons. The van der Waals surface area contributed by atoms with Crippen molar-refractivity contribution in [2.24, 2.45) is 5.92 Å². The highest BCUT2D eigenvalue weighted by atomic mass is 32.2. The average Bonchev–Trinajstić information content (AvgIpc) is 3.68. The number of hydrogen-bond donors (Lipinski definition) is 4. The molecule has 1 aromatic heterocycles. The second kappa shape index (κ2) is 12.8. The molecule has 1 unspecified atom stereocenters. The summed E-state index contributed by atoms with van der Waals surface area (Å²) in [7, 11) is 1.67. The van der Waals surface area contributed by atoms with Gasteiger partial charge in [0.05, 0.1) is 18.4 Å². The SMILES string of the molecule is CN(CCC1CC1)C(=O)C(S[C@@H]1O[C@H](CO)[C@H](O)[C@H](n2cc(-c3cc(F)c(F)c(F)c3)nn2)[C@H]1O)C1(O)CCOCC1. The number of carbonyl (C=O) groups is 1. The van der Waals surface area contributed by atoms with E-state index in [2.05, 4.69) is 10.3 Å². The van der Waals surface area contributed by atoms with Crippen molar-refractivity contribution in [1.82, 2.24) is 19.9 Å². The van der Waals surface area contributed by atoms with Crippen molar-refractivity contribution in [3.05, 3.63) is 35.8 Å². The van der Waals surface area contributed by atoms with Gasteiger partial charge in [0.15, 0.2) is 17.5 Å². The zero-order valence-corrected chi connectivity index (χ0v) is 23.8. The van der Waals surface area contributed by atoms with Crippen molar-refractivity contribution in [3.8, 4) is 11.3 Å². The molecule has 0 spiro atoms. The summed E-state index contributed by atoms with van der Waals surface area (Å²) in [6.07, 6.45) is 0.447. The molecule has 2 aliphatic heterocycles. The quantitative estimate of drug-likeness (QED) is 0.287. The second-order valence-electron chi connectivity index (χ2n) is 11.3. The maximum atomic E-state index is 13.8.